The van der Waals surface area contributed by atoms with Crippen molar-refractivity contribution in [2.24, 2.45) is 11.7 Å². The quantitative estimate of drug-likeness (QED) is 0.877. The monoisotopic (exact) mass is 243 g/mol. The zero-order valence-corrected chi connectivity index (χ0v) is 11.1. The van der Waals surface area contributed by atoms with Gasteiger partial charge in [0.15, 0.2) is 0 Å². The van der Waals surface area contributed by atoms with E-state index in [1.54, 1.807) is 0 Å². The topological polar surface area (TPSA) is 43.8 Å². The van der Waals surface area contributed by atoms with Crippen molar-refractivity contribution < 1.29 is 0 Å². The van der Waals surface area contributed by atoms with E-state index in [1.807, 2.05) is 18.6 Å². The Morgan fingerprint density at radius 3 is 2.61 bits per heavy atom. The van der Waals surface area contributed by atoms with Crippen LogP contribution in [0, 0.1) is 5.92 Å². The lowest BCUT2D eigenvalue weighted by Gasteiger charge is -2.12. The fraction of sp³-hybridized carbons (Fsp3) is 0.400. The Kier molecular flexibility index (Phi) is 4.15. The molecule has 0 radical (unpaired) electrons. The average Bonchev–Trinajstić information content (AvgIpc) is 2.76. The first kappa shape index (κ1) is 12.8. The van der Waals surface area contributed by atoms with Crippen LogP contribution in [0.15, 0.2) is 36.8 Å². The number of imidazole rings is 1. The molecule has 96 valence electrons. The third-order valence-electron chi connectivity index (χ3n) is 3.09. The number of nitrogens with zero attached hydrogens (tertiary/aromatic N) is 2. The van der Waals surface area contributed by atoms with Crippen molar-refractivity contribution in [1.29, 1.82) is 0 Å². The molecule has 0 spiro atoms. The van der Waals surface area contributed by atoms with E-state index in [0.29, 0.717) is 12.5 Å². The molecule has 0 aliphatic carbocycles. The summed E-state index contributed by atoms with van der Waals surface area (Å²) in [5, 5.41) is 0. The molecule has 0 saturated carbocycles. The van der Waals surface area contributed by atoms with Crippen molar-refractivity contribution in [1.82, 2.24) is 9.55 Å². The molecule has 0 unspecified atom stereocenters. The summed E-state index contributed by atoms with van der Waals surface area (Å²) in [5.41, 5.74) is 9.55. The van der Waals surface area contributed by atoms with Crippen LogP contribution in [-0.2, 0) is 19.5 Å². The SMILES string of the molecule is CC(C)Cc1cncn1Cc1ccccc1CN. The van der Waals surface area contributed by atoms with Gasteiger partial charge in [0.05, 0.1) is 6.33 Å². The molecule has 0 bridgehead atoms. The molecule has 2 aromatic rings. The highest BCUT2D eigenvalue weighted by molar-refractivity contribution is 5.27. The molecule has 3 heteroatoms. The van der Waals surface area contributed by atoms with Crippen molar-refractivity contribution in [3.8, 4) is 0 Å². The van der Waals surface area contributed by atoms with Gasteiger partial charge in [-0.25, -0.2) is 4.98 Å². The van der Waals surface area contributed by atoms with Gasteiger partial charge in [-0.2, -0.15) is 0 Å². The summed E-state index contributed by atoms with van der Waals surface area (Å²) in [4.78, 5) is 4.26. The van der Waals surface area contributed by atoms with E-state index in [-0.39, 0.29) is 0 Å². The number of rotatable bonds is 5. The molecule has 0 fully saturated rings. The number of hydrogen-bond acceptors (Lipinski definition) is 2. The van der Waals surface area contributed by atoms with Crippen molar-refractivity contribution in [2.45, 2.75) is 33.4 Å². The minimum absolute atomic E-state index is 0.588. The molecule has 2 rings (SSSR count). The summed E-state index contributed by atoms with van der Waals surface area (Å²) in [5.74, 6) is 0.644. The summed E-state index contributed by atoms with van der Waals surface area (Å²) in [6.45, 7) is 5.90. The molecule has 0 saturated heterocycles. The Labute approximate surface area is 109 Å². The molecule has 2 N–H and O–H groups in total. The van der Waals surface area contributed by atoms with E-state index in [4.69, 9.17) is 5.73 Å². The molecular weight excluding hydrogens is 222 g/mol. The minimum atomic E-state index is 0.588. The lowest BCUT2D eigenvalue weighted by atomic mass is 10.1. The van der Waals surface area contributed by atoms with Gasteiger partial charge in [-0.1, -0.05) is 38.1 Å². The third kappa shape index (κ3) is 2.99. The first-order valence-corrected chi connectivity index (χ1v) is 6.46. The second-order valence-electron chi connectivity index (χ2n) is 5.08. The highest BCUT2D eigenvalue weighted by atomic mass is 15.0. The largest absolute Gasteiger partial charge is 0.330 e. The summed E-state index contributed by atoms with van der Waals surface area (Å²) in [6, 6.07) is 8.33. The predicted octanol–water partition coefficient (Wildman–Crippen LogP) is 2.59. The van der Waals surface area contributed by atoms with Gasteiger partial charge in [0, 0.05) is 25.0 Å². The molecule has 0 aliphatic rings. The molecule has 1 heterocycles. The Morgan fingerprint density at radius 1 is 1.22 bits per heavy atom. The zero-order chi connectivity index (χ0) is 13.0. The molecule has 0 aliphatic heterocycles. The second kappa shape index (κ2) is 5.83. The first-order chi connectivity index (χ1) is 8.70. The van der Waals surface area contributed by atoms with Gasteiger partial charge in [0.1, 0.15) is 0 Å². The molecule has 0 atom stereocenters. The molecule has 1 aromatic heterocycles. The smallest absolute Gasteiger partial charge is 0.0951 e. The van der Waals surface area contributed by atoms with Crippen molar-refractivity contribution >= 4 is 0 Å². The lowest BCUT2D eigenvalue weighted by Crippen LogP contribution is -2.09. The number of nitrogens with two attached hydrogens (primary N) is 1. The van der Waals surface area contributed by atoms with Crippen molar-refractivity contribution in [2.75, 3.05) is 0 Å². The van der Waals surface area contributed by atoms with Gasteiger partial charge in [-0.15, -0.1) is 0 Å². The predicted molar refractivity (Wildman–Crippen MR) is 74.2 cm³/mol. The number of aromatic nitrogens is 2. The van der Waals surface area contributed by atoms with Crippen LogP contribution in [0.25, 0.3) is 0 Å². The summed E-state index contributed by atoms with van der Waals surface area (Å²) in [7, 11) is 0. The van der Waals surface area contributed by atoms with E-state index < -0.39 is 0 Å². The highest BCUT2D eigenvalue weighted by Gasteiger charge is 2.07. The fourth-order valence-electron chi connectivity index (χ4n) is 2.17. The van der Waals surface area contributed by atoms with E-state index in [2.05, 4.69) is 41.6 Å². The maximum atomic E-state index is 5.77. The zero-order valence-electron chi connectivity index (χ0n) is 11.1. The lowest BCUT2D eigenvalue weighted by molar-refractivity contribution is 0.603. The normalized spacial score (nSPS) is 11.1. The van der Waals surface area contributed by atoms with E-state index in [1.165, 1.54) is 16.8 Å². The van der Waals surface area contributed by atoms with E-state index in [9.17, 15) is 0 Å². The Bertz CT molecular complexity index is 500. The third-order valence-corrected chi connectivity index (χ3v) is 3.09. The number of benzene rings is 1. The number of hydrogen-bond donors (Lipinski definition) is 1. The fourth-order valence-corrected chi connectivity index (χ4v) is 2.17. The van der Waals surface area contributed by atoms with E-state index in [0.717, 1.165) is 13.0 Å². The van der Waals surface area contributed by atoms with Crippen LogP contribution in [0.4, 0.5) is 0 Å². The van der Waals surface area contributed by atoms with Crippen molar-refractivity contribution in [3.63, 3.8) is 0 Å². The van der Waals surface area contributed by atoms with Crippen LogP contribution in [0.5, 0.6) is 0 Å². The standard InChI is InChI=1S/C15H21N3/c1-12(2)7-15-9-17-11-18(15)10-14-6-4-3-5-13(14)8-16/h3-6,9,11-12H,7-8,10,16H2,1-2H3. The summed E-state index contributed by atoms with van der Waals surface area (Å²) < 4.78 is 2.22. The Balaban J connectivity index is 2.21. The molecule has 1 aromatic carbocycles. The van der Waals surface area contributed by atoms with Gasteiger partial charge < -0.3 is 10.3 Å². The first-order valence-electron chi connectivity index (χ1n) is 6.46. The highest BCUT2D eigenvalue weighted by Crippen LogP contribution is 2.13. The molecule has 3 nitrogen and oxygen atoms in total. The van der Waals surface area contributed by atoms with Gasteiger partial charge in [0.25, 0.3) is 0 Å². The maximum Gasteiger partial charge on any atom is 0.0951 e. The van der Waals surface area contributed by atoms with Crippen LogP contribution in [0.2, 0.25) is 0 Å². The summed E-state index contributed by atoms with van der Waals surface area (Å²) >= 11 is 0. The Hall–Kier alpha value is -1.61. The Morgan fingerprint density at radius 2 is 1.94 bits per heavy atom. The van der Waals surface area contributed by atoms with Gasteiger partial charge >= 0.3 is 0 Å². The van der Waals surface area contributed by atoms with Gasteiger partial charge in [-0.05, 0) is 23.5 Å². The van der Waals surface area contributed by atoms with Crippen LogP contribution in [-0.4, -0.2) is 9.55 Å². The minimum Gasteiger partial charge on any atom is -0.330 e. The van der Waals surface area contributed by atoms with Crippen LogP contribution in [0.1, 0.15) is 30.7 Å². The average molecular weight is 243 g/mol. The van der Waals surface area contributed by atoms with Crippen molar-refractivity contribution in [3.05, 3.63) is 53.6 Å². The molecular formula is C15H21N3. The van der Waals surface area contributed by atoms with Crippen LogP contribution >= 0.6 is 0 Å². The molecule has 18 heavy (non-hydrogen) atoms. The van der Waals surface area contributed by atoms with Crippen LogP contribution in [0.3, 0.4) is 0 Å². The second-order valence-corrected chi connectivity index (χ2v) is 5.08. The van der Waals surface area contributed by atoms with Gasteiger partial charge in [0.2, 0.25) is 0 Å². The van der Waals surface area contributed by atoms with Crippen LogP contribution < -0.4 is 5.73 Å². The molecule has 0 amide bonds. The van der Waals surface area contributed by atoms with Gasteiger partial charge in [-0.3, -0.25) is 0 Å². The van der Waals surface area contributed by atoms with E-state index >= 15 is 0 Å². The summed E-state index contributed by atoms with van der Waals surface area (Å²) in [6.07, 6.45) is 4.93. The maximum absolute atomic E-state index is 5.77.